The van der Waals surface area contributed by atoms with Crippen molar-refractivity contribution in [2.75, 3.05) is 19.9 Å². The molecule has 20 heavy (non-hydrogen) atoms. The van der Waals surface area contributed by atoms with E-state index in [4.69, 9.17) is 10.5 Å². The summed E-state index contributed by atoms with van der Waals surface area (Å²) in [5.74, 6) is 0.272. The van der Waals surface area contributed by atoms with Crippen LogP contribution >= 0.6 is 0 Å². The van der Waals surface area contributed by atoms with Crippen molar-refractivity contribution in [3.63, 3.8) is 0 Å². The average molecular weight is 274 g/mol. The van der Waals surface area contributed by atoms with Gasteiger partial charge in [0.25, 0.3) is 5.91 Å². The summed E-state index contributed by atoms with van der Waals surface area (Å²) in [6, 6.07) is 5.15. The third-order valence-corrected chi connectivity index (χ3v) is 3.00. The van der Waals surface area contributed by atoms with Crippen molar-refractivity contribution < 1.29 is 9.53 Å². The van der Waals surface area contributed by atoms with Crippen molar-refractivity contribution in [1.29, 1.82) is 0 Å². The molecule has 0 aliphatic carbocycles. The molecule has 0 saturated carbocycles. The third kappa shape index (κ3) is 2.74. The Hall–Kier alpha value is -2.50. The van der Waals surface area contributed by atoms with Crippen LogP contribution in [0.15, 0.2) is 30.6 Å². The summed E-state index contributed by atoms with van der Waals surface area (Å²) in [5.41, 5.74) is 7.69. The Morgan fingerprint density at radius 2 is 2.25 bits per heavy atom. The molecule has 1 heterocycles. The van der Waals surface area contributed by atoms with Gasteiger partial charge in [-0.25, -0.2) is 0 Å². The maximum Gasteiger partial charge on any atom is 0.257 e. The number of para-hydroxylation sites is 1. The van der Waals surface area contributed by atoms with Crippen LogP contribution in [-0.4, -0.2) is 34.7 Å². The monoisotopic (exact) mass is 274 g/mol. The Kier molecular flexibility index (Phi) is 3.93. The summed E-state index contributed by atoms with van der Waals surface area (Å²) >= 11 is 0. The molecule has 2 rings (SSSR count). The van der Waals surface area contributed by atoms with Gasteiger partial charge in [0.1, 0.15) is 0 Å². The van der Waals surface area contributed by atoms with Gasteiger partial charge in [-0.2, -0.15) is 5.10 Å². The standard InChI is InChI=1S/C14H18N4O2/c1-17(8-10-7-16-18(2)9-10)14(19)11-5-4-6-12(15)13(11)20-3/h4-7,9H,8,15H2,1-3H3. The van der Waals surface area contributed by atoms with Gasteiger partial charge in [-0.1, -0.05) is 6.07 Å². The molecule has 0 aliphatic heterocycles. The molecule has 1 amide bonds. The fourth-order valence-corrected chi connectivity index (χ4v) is 2.06. The van der Waals surface area contributed by atoms with Gasteiger partial charge in [0.15, 0.2) is 5.75 Å². The molecule has 2 N–H and O–H groups in total. The van der Waals surface area contributed by atoms with Gasteiger partial charge in [-0.15, -0.1) is 0 Å². The Morgan fingerprint density at radius 3 is 2.85 bits per heavy atom. The minimum Gasteiger partial charge on any atom is -0.494 e. The van der Waals surface area contributed by atoms with Gasteiger partial charge in [-0.05, 0) is 12.1 Å². The topological polar surface area (TPSA) is 73.4 Å². The van der Waals surface area contributed by atoms with Gasteiger partial charge in [0.05, 0.1) is 24.6 Å². The average Bonchev–Trinajstić information content (AvgIpc) is 2.82. The van der Waals surface area contributed by atoms with Crippen molar-refractivity contribution in [1.82, 2.24) is 14.7 Å². The van der Waals surface area contributed by atoms with E-state index in [2.05, 4.69) is 5.10 Å². The number of carbonyl (C=O) groups is 1. The maximum absolute atomic E-state index is 12.5. The molecule has 0 radical (unpaired) electrons. The number of benzene rings is 1. The third-order valence-electron chi connectivity index (χ3n) is 3.00. The molecule has 0 aliphatic rings. The fourth-order valence-electron chi connectivity index (χ4n) is 2.06. The van der Waals surface area contributed by atoms with Crippen LogP contribution in [0, 0.1) is 0 Å². The van der Waals surface area contributed by atoms with Crippen LogP contribution in [0.4, 0.5) is 5.69 Å². The molecule has 0 bridgehead atoms. The van der Waals surface area contributed by atoms with Crippen LogP contribution in [0.25, 0.3) is 0 Å². The minimum absolute atomic E-state index is 0.141. The lowest BCUT2D eigenvalue weighted by Crippen LogP contribution is -2.26. The zero-order valence-corrected chi connectivity index (χ0v) is 11.8. The van der Waals surface area contributed by atoms with Crippen molar-refractivity contribution in [3.8, 4) is 5.75 Å². The van der Waals surface area contributed by atoms with E-state index in [0.29, 0.717) is 23.5 Å². The lowest BCUT2D eigenvalue weighted by Gasteiger charge is -2.18. The fraction of sp³-hybridized carbons (Fsp3) is 0.286. The minimum atomic E-state index is -0.141. The summed E-state index contributed by atoms with van der Waals surface area (Å²) in [7, 11) is 5.08. The normalized spacial score (nSPS) is 10.3. The number of nitrogens with two attached hydrogens (primary N) is 1. The van der Waals surface area contributed by atoms with Gasteiger partial charge < -0.3 is 15.4 Å². The molecular weight excluding hydrogens is 256 g/mol. The predicted octanol–water partition coefficient (Wildman–Crippen LogP) is 1.28. The number of amides is 1. The van der Waals surface area contributed by atoms with Gasteiger partial charge in [-0.3, -0.25) is 9.48 Å². The van der Waals surface area contributed by atoms with E-state index in [-0.39, 0.29) is 5.91 Å². The Balaban J connectivity index is 2.20. The first-order chi connectivity index (χ1) is 9.52. The largest absolute Gasteiger partial charge is 0.494 e. The number of aromatic nitrogens is 2. The van der Waals surface area contributed by atoms with Crippen molar-refractivity contribution in [2.24, 2.45) is 7.05 Å². The van der Waals surface area contributed by atoms with Gasteiger partial charge in [0.2, 0.25) is 0 Å². The Bertz CT molecular complexity index is 621. The molecule has 0 fully saturated rings. The molecule has 6 heteroatoms. The lowest BCUT2D eigenvalue weighted by molar-refractivity contribution is 0.0782. The number of ether oxygens (including phenoxy) is 1. The number of methoxy groups -OCH3 is 1. The zero-order valence-electron chi connectivity index (χ0n) is 11.8. The van der Waals surface area contributed by atoms with Crippen LogP contribution in [0.2, 0.25) is 0 Å². The number of anilines is 1. The molecule has 0 unspecified atom stereocenters. The highest BCUT2D eigenvalue weighted by atomic mass is 16.5. The van der Waals surface area contributed by atoms with E-state index in [1.807, 2.05) is 13.2 Å². The molecule has 106 valence electrons. The lowest BCUT2D eigenvalue weighted by atomic mass is 10.1. The first-order valence-electron chi connectivity index (χ1n) is 6.18. The van der Waals surface area contributed by atoms with Crippen LogP contribution < -0.4 is 10.5 Å². The first kappa shape index (κ1) is 13.9. The maximum atomic E-state index is 12.5. The van der Waals surface area contributed by atoms with Crippen molar-refractivity contribution in [3.05, 3.63) is 41.7 Å². The van der Waals surface area contributed by atoms with Crippen LogP contribution in [-0.2, 0) is 13.6 Å². The van der Waals surface area contributed by atoms with Crippen LogP contribution in [0.3, 0.4) is 0 Å². The number of carbonyl (C=O) groups excluding carboxylic acids is 1. The second-order valence-corrected chi connectivity index (χ2v) is 4.61. The van der Waals surface area contributed by atoms with Crippen LogP contribution in [0.5, 0.6) is 5.75 Å². The van der Waals surface area contributed by atoms with Gasteiger partial charge >= 0.3 is 0 Å². The van der Waals surface area contributed by atoms with E-state index in [9.17, 15) is 4.79 Å². The van der Waals surface area contributed by atoms with E-state index in [1.54, 1.807) is 41.0 Å². The Morgan fingerprint density at radius 1 is 1.50 bits per heavy atom. The predicted molar refractivity (Wildman–Crippen MR) is 76.4 cm³/mol. The Labute approximate surface area is 117 Å². The van der Waals surface area contributed by atoms with E-state index < -0.39 is 0 Å². The number of hydrogen-bond donors (Lipinski definition) is 1. The second-order valence-electron chi connectivity index (χ2n) is 4.61. The first-order valence-corrected chi connectivity index (χ1v) is 6.18. The summed E-state index contributed by atoms with van der Waals surface area (Å²) < 4.78 is 6.92. The van der Waals surface area contributed by atoms with Gasteiger partial charge in [0, 0.05) is 32.4 Å². The summed E-state index contributed by atoms with van der Waals surface area (Å²) in [4.78, 5) is 14.1. The smallest absolute Gasteiger partial charge is 0.257 e. The molecule has 2 aromatic rings. The highest BCUT2D eigenvalue weighted by Gasteiger charge is 2.18. The number of hydrogen-bond acceptors (Lipinski definition) is 4. The molecule has 6 nitrogen and oxygen atoms in total. The highest BCUT2D eigenvalue weighted by Crippen LogP contribution is 2.27. The number of nitrogens with zero attached hydrogens (tertiary/aromatic N) is 3. The number of rotatable bonds is 4. The summed E-state index contributed by atoms with van der Waals surface area (Å²) in [6.45, 7) is 0.477. The van der Waals surface area contributed by atoms with E-state index in [1.165, 1.54) is 7.11 Å². The zero-order chi connectivity index (χ0) is 14.7. The number of aryl methyl sites for hydroxylation is 1. The molecule has 1 aromatic carbocycles. The molecule has 0 saturated heterocycles. The SMILES string of the molecule is COc1c(N)cccc1C(=O)N(C)Cc1cnn(C)c1. The molecule has 0 atom stereocenters. The number of nitrogen functional groups attached to an aromatic ring is 1. The summed E-state index contributed by atoms with van der Waals surface area (Å²) in [5, 5.41) is 4.08. The molecule has 1 aromatic heterocycles. The van der Waals surface area contributed by atoms with Crippen molar-refractivity contribution in [2.45, 2.75) is 6.54 Å². The summed E-state index contributed by atoms with van der Waals surface area (Å²) in [6.07, 6.45) is 3.61. The highest BCUT2D eigenvalue weighted by molar-refractivity contribution is 5.98. The van der Waals surface area contributed by atoms with E-state index >= 15 is 0 Å². The van der Waals surface area contributed by atoms with Crippen molar-refractivity contribution >= 4 is 11.6 Å². The second kappa shape index (κ2) is 5.64. The van der Waals surface area contributed by atoms with Crippen LogP contribution in [0.1, 0.15) is 15.9 Å². The van der Waals surface area contributed by atoms with E-state index in [0.717, 1.165) is 5.56 Å². The molecule has 0 spiro atoms. The molecular formula is C14H18N4O2. The quantitative estimate of drug-likeness (QED) is 0.852.